The van der Waals surface area contributed by atoms with Crippen molar-refractivity contribution in [3.05, 3.63) is 10.4 Å². The zero-order chi connectivity index (χ0) is 8.55. The summed E-state index contributed by atoms with van der Waals surface area (Å²) in [6, 6.07) is 0. The minimum absolute atomic E-state index is 0.0289. The van der Waals surface area contributed by atoms with Gasteiger partial charge >= 0.3 is 0 Å². The fraction of sp³-hybridized carbons (Fsp3) is 0.429. The van der Waals surface area contributed by atoms with Gasteiger partial charge in [0.1, 0.15) is 10.7 Å². The molecule has 64 valence electrons. The third-order valence-electron chi connectivity index (χ3n) is 1.93. The molecule has 12 heavy (non-hydrogen) atoms. The minimum Gasteiger partial charge on any atom is -0.382 e. The lowest BCUT2D eigenvalue weighted by Gasteiger charge is -2.30. The van der Waals surface area contributed by atoms with Crippen molar-refractivity contribution in [1.82, 2.24) is 9.88 Å². The van der Waals surface area contributed by atoms with Crippen molar-refractivity contribution >= 4 is 23.1 Å². The number of nitrogens with two attached hydrogens (primary N) is 1. The molecule has 0 bridgehead atoms. The van der Waals surface area contributed by atoms with Gasteiger partial charge in [-0.05, 0) is 6.42 Å². The Morgan fingerprint density at radius 1 is 1.67 bits per heavy atom. The summed E-state index contributed by atoms with van der Waals surface area (Å²) in [5.74, 6) is 0.387. The van der Waals surface area contributed by atoms with E-state index in [0.717, 1.165) is 19.5 Å². The Morgan fingerprint density at radius 2 is 2.42 bits per heavy atom. The second-order valence-electron chi connectivity index (χ2n) is 2.71. The Kier molecular flexibility index (Phi) is 1.73. The topological polar surface area (TPSA) is 59.2 Å². The van der Waals surface area contributed by atoms with E-state index in [1.807, 2.05) is 0 Å². The lowest BCUT2D eigenvalue weighted by molar-refractivity contribution is 0.0658. The first-order chi connectivity index (χ1) is 5.79. The Bertz CT molecular complexity index is 305. The SMILES string of the molecule is Nc1ncsc1C(=O)N1CCC1. The van der Waals surface area contributed by atoms with Gasteiger partial charge in [0.2, 0.25) is 0 Å². The number of carbonyl (C=O) groups excluding carboxylic acids is 1. The maximum absolute atomic E-state index is 11.5. The molecular formula is C7H9N3OS. The van der Waals surface area contributed by atoms with Gasteiger partial charge in [0.15, 0.2) is 0 Å². The van der Waals surface area contributed by atoms with Crippen LogP contribution in [0.25, 0.3) is 0 Å². The summed E-state index contributed by atoms with van der Waals surface area (Å²) in [7, 11) is 0. The van der Waals surface area contributed by atoms with Crippen LogP contribution < -0.4 is 5.73 Å². The molecule has 1 aliphatic heterocycles. The molecule has 0 aromatic carbocycles. The van der Waals surface area contributed by atoms with Crippen LogP contribution in [-0.2, 0) is 0 Å². The molecular weight excluding hydrogens is 174 g/mol. The van der Waals surface area contributed by atoms with Crippen LogP contribution in [-0.4, -0.2) is 28.9 Å². The van der Waals surface area contributed by atoms with Crippen molar-refractivity contribution in [2.75, 3.05) is 18.8 Å². The zero-order valence-corrected chi connectivity index (χ0v) is 7.30. The van der Waals surface area contributed by atoms with Crippen LogP contribution in [0.1, 0.15) is 16.1 Å². The summed E-state index contributed by atoms with van der Waals surface area (Å²) < 4.78 is 0. The molecule has 0 atom stereocenters. The number of likely N-dealkylation sites (tertiary alicyclic amines) is 1. The number of hydrogen-bond donors (Lipinski definition) is 1. The molecule has 1 aromatic heterocycles. The predicted octanol–water partition coefficient (Wildman–Crippen LogP) is 0.571. The summed E-state index contributed by atoms with van der Waals surface area (Å²) in [5.41, 5.74) is 7.11. The number of thiazole rings is 1. The van der Waals surface area contributed by atoms with E-state index in [1.54, 1.807) is 10.4 Å². The second kappa shape index (κ2) is 2.75. The Morgan fingerprint density at radius 3 is 2.83 bits per heavy atom. The van der Waals surface area contributed by atoms with Crippen molar-refractivity contribution in [2.45, 2.75) is 6.42 Å². The minimum atomic E-state index is 0.0289. The molecule has 1 aromatic rings. The first-order valence-electron chi connectivity index (χ1n) is 3.77. The van der Waals surface area contributed by atoms with Gasteiger partial charge in [-0.15, -0.1) is 11.3 Å². The number of anilines is 1. The highest BCUT2D eigenvalue weighted by Crippen LogP contribution is 2.20. The molecule has 5 heteroatoms. The Hall–Kier alpha value is -1.10. The highest BCUT2D eigenvalue weighted by molar-refractivity contribution is 7.12. The summed E-state index contributed by atoms with van der Waals surface area (Å²) in [5, 5.41) is 0. The van der Waals surface area contributed by atoms with Crippen LogP contribution in [0.4, 0.5) is 5.82 Å². The fourth-order valence-electron chi connectivity index (χ4n) is 1.08. The molecule has 1 aliphatic rings. The lowest BCUT2D eigenvalue weighted by atomic mass is 10.2. The van der Waals surface area contributed by atoms with E-state index in [-0.39, 0.29) is 5.91 Å². The van der Waals surface area contributed by atoms with E-state index in [2.05, 4.69) is 4.98 Å². The van der Waals surface area contributed by atoms with Gasteiger partial charge in [-0.25, -0.2) is 4.98 Å². The smallest absolute Gasteiger partial charge is 0.267 e. The highest BCUT2D eigenvalue weighted by atomic mass is 32.1. The van der Waals surface area contributed by atoms with Crippen LogP contribution in [0.15, 0.2) is 5.51 Å². The lowest BCUT2D eigenvalue weighted by Crippen LogP contribution is -2.41. The number of amides is 1. The number of nitrogen functional groups attached to an aromatic ring is 1. The molecule has 0 spiro atoms. The maximum atomic E-state index is 11.5. The van der Waals surface area contributed by atoms with Gasteiger partial charge in [0.25, 0.3) is 5.91 Å². The van der Waals surface area contributed by atoms with E-state index in [1.165, 1.54) is 11.3 Å². The summed E-state index contributed by atoms with van der Waals surface area (Å²) in [6.07, 6.45) is 1.10. The van der Waals surface area contributed by atoms with Crippen molar-refractivity contribution in [3.63, 3.8) is 0 Å². The zero-order valence-electron chi connectivity index (χ0n) is 6.49. The Balaban J connectivity index is 2.19. The van der Waals surface area contributed by atoms with Gasteiger partial charge in [-0.1, -0.05) is 0 Å². The molecule has 2 heterocycles. The molecule has 1 saturated heterocycles. The van der Waals surface area contributed by atoms with E-state index < -0.39 is 0 Å². The predicted molar refractivity (Wildman–Crippen MR) is 47.0 cm³/mol. The van der Waals surface area contributed by atoms with E-state index in [0.29, 0.717) is 10.7 Å². The van der Waals surface area contributed by atoms with Gasteiger partial charge < -0.3 is 10.6 Å². The van der Waals surface area contributed by atoms with Crippen molar-refractivity contribution < 1.29 is 4.79 Å². The summed E-state index contributed by atoms with van der Waals surface area (Å²) in [4.78, 5) is 17.7. The summed E-state index contributed by atoms with van der Waals surface area (Å²) in [6.45, 7) is 1.71. The van der Waals surface area contributed by atoms with E-state index in [9.17, 15) is 4.79 Å². The third-order valence-corrected chi connectivity index (χ3v) is 2.76. The first kappa shape index (κ1) is 7.54. The largest absolute Gasteiger partial charge is 0.382 e. The van der Waals surface area contributed by atoms with Crippen LogP contribution >= 0.6 is 11.3 Å². The standard InChI is InChI=1S/C7H9N3OS/c8-6-5(12-4-9-6)7(11)10-2-1-3-10/h4H,1-3,8H2. The molecule has 0 radical (unpaired) electrons. The normalized spacial score (nSPS) is 15.8. The number of carbonyl (C=O) groups is 1. The van der Waals surface area contributed by atoms with Crippen molar-refractivity contribution in [3.8, 4) is 0 Å². The van der Waals surface area contributed by atoms with Crippen LogP contribution in [0.2, 0.25) is 0 Å². The van der Waals surface area contributed by atoms with Crippen LogP contribution in [0.5, 0.6) is 0 Å². The summed E-state index contributed by atoms with van der Waals surface area (Å²) >= 11 is 1.31. The first-order valence-corrected chi connectivity index (χ1v) is 4.65. The average molecular weight is 183 g/mol. The van der Waals surface area contributed by atoms with Gasteiger partial charge in [-0.2, -0.15) is 0 Å². The average Bonchev–Trinajstić information content (AvgIpc) is 2.31. The number of rotatable bonds is 1. The Labute approximate surface area is 74.0 Å². The molecule has 4 nitrogen and oxygen atoms in total. The maximum Gasteiger partial charge on any atom is 0.267 e. The molecule has 0 unspecified atom stereocenters. The van der Waals surface area contributed by atoms with Crippen molar-refractivity contribution in [1.29, 1.82) is 0 Å². The third kappa shape index (κ3) is 1.06. The highest BCUT2D eigenvalue weighted by Gasteiger charge is 2.24. The van der Waals surface area contributed by atoms with Gasteiger partial charge in [0.05, 0.1) is 5.51 Å². The van der Waals surface area contributed by atoms with Gasteiger partial charge in [0, 0.05) is 13.1 Å². The number of hydrogen-bond acceptors (Lipinski definition) is 4. The van der Waals surface area contributed by atoms with Crippen LogP contribution in [0.3, 0.4) is 0 Å². The molecule has 0 aliphatic carbocycles. The second-order valence-corrected chi connectivity index (χ2v) is 3.57. The number of nitrogens with zero attached hydrogens (tertiary/aromatic N) is 2. The van der Waals surface area contributed by atoms with E-state index >= 15 is 0 Å². The molecule has 1 fully saturated rings. The van der Waals surface area contributed by atoms with Crippen LogP contribution in [0, 0.1) is 0 Å². The molecule has 1 amide bonds. The molecule has 0 saturated carbocycles. The number of aromatic nitrogens is 1. The van der Waals surface area contributed by atoms with Crippen molar-refractivity contribution in [2.24, 2.45) is 0 Å². The van der Waals surface area contributed by atoms with Gasteiger partial charge in [-0.3, -0.25) is 4.79 Å². The monoisotopic (exact) mass is 183 g/mol. The molecule has 2 rings (SSSR count). The quantitative estimate of drug-likeness (QED) is 0.692. The fourth-order valence-corrected chi connectivity index (χ4v) is 1.75. The molecule has 2 N–H and O–H groups in total. The van der Waals surface area contributed by atoms with E-state index in [4.69, 9.17) is 5.73 Å².